The Labute approximate surface area is 140 Å². The molecule has 7 nitrogen and oxygen atoms in total. The number of aromatic nitrogens is 3. The molecule has 2 rings (SSSR count). The highest BCUT2D eigenvalue weighted by Crippen LogP contribution is 2.17. The van der Waals surface area contributed by atoms with Crippen LogP contribution in [0.2, 0.25) is 0 Å². The Morgan fingerprint density at radius 1 is 1.33 bits per heavy atom. The van der Waals surface area contributed by atoms with Gasteiger partial charge in [0.25, 0.3) is 5.56 Å². The molecule has 1 atom stereocenters. The van der Waals surface area contributed by atoms with E-state index < -0.39 is 12.0 Å². The van der Waals surface area contributed by atoms with Crippen molar-refractivity contribution in [1.82, 2.24) is 15.0 Å². The lowest BCUT2D eigenvalue weighted by atomic mass is 10.0. The van der Waals surface area contributed by atoms with Crippen molar-refractivity contribution in [3.05, 3.63) is 39.9 Å². The molecule has 0 aromatic carbocycles. The van der Waals surface area contributed by atoms with E-state index >= 15 is 0 Å². The first-order valence-corrected chi connectivity index (χ1v) is 7.81. The summed E-state index contributed by atoms with van der Waals surface area (Å²) < 4.78 is 0. The average molecular weight is 330 g/mol. The number of aliphatic carboxylic acids is 1. The summed E-state index contributed by atoms with van der Waals surface area (Å²) in [5, 5.41) is 12.2. The van der Waals surface area contributed by atoms with Crippen molar-refractivity contribution in [3.63, 3.8) is 0 Å². The van der Waals surface area contributed by atoms with Crippen molar-refractivity contribution >= 4 is 11.8 Å². The molecule has 3 N–H and O–H groups in total. The van der Waals surface area contributed by atoms with E-state index in [1.165, 1.54) is 0 Å². The van der Waals surface area contributed by atoms with E-state index in [4.69, 9.17) is 0 Å². The topological polar surface area (TPSA) is 108 Å². The number of H-pyrrole nitrogens is 1. The van der Waals surface area contributed by atoms with Gasteiger partial charge in [-0.15, -0.1) is 0 Å². The maximum absolute atomic E-state index is 11.8. The first kappa shape index (κ1) is 17.7. The van der Waals surface area contributed by atoms with E-state index in [0.29, 0.717) is 34.9 Å². The van der Waals surface area contributed by atoms with E-state index in [1.807, 2.05) is 13.8 Å². The largest absolute Gasteiger partial charge is 0.480 e. The molecule has 0 aliphatic carbocycles. The van der Waals surface area contributed by atoms with Crippen LogP contribution in [0.1, 0.15) is 31.5 Å². The number of nitrogens with one attached hydrogen (secondary N) is 2. The lowest BCUT2D eigenvalue weighted by Crippen LogP contribution is -2.31. The number of carboxylic acids is 1. The Hall–Kier alpha value is -2.70. The van der Waals surface area contributed by atoms with Gasteiger partial charge in [0.2, 0.25) is 0 Å². The molecular formula is C17H22N4O3. The second kappa shape index (κ2) is 7.25. The Morgan fingerprint density at radius 2 is 2.04 bits per heavy atom. The average Bonchev–Trinajstić information content (AvgIpc) is 2.51. The molecule has 0 fully saturated rings. The first-order chi connectivity index (χ1) is 11.3. The van der Waals surface area contributed by atoms with Crippen LogP contribution < -0.4 is 10.9 Å². The highest BCUT2D eigenvalue weighted by Gasteiger charge is 2.19. The zero-order valence-electron chi connectivity index (χ0n) is 14.3. The molecule has 2 aromatic rings. The van der Waals surface area contributed by atoms with Gasteiger partial charge in [0, 0.05) is 23.0 Å². The van der Waals surface area contributed by atoms with Crippen molar-refractivity contribution in [2.45, 2.75) is 40.2 Å². The molecule has 0 radical (unpaired) electrons. The lowest BCUT2D eigenvalue weighted by Gasteiger charge is -2.17. The number of carbonyl (C=O) groups is 1. The molecule has 0 saturated heterocycles. The third-order valence-electron chi connectivity index (χ3n) is 3.76. The fraction of sp³-hybridized carbons (Fsp3) is 0.412. The number of anilines is 1. The van der Waals surface area contributed by atoms with E-state index in [0.717, 1.165) is 0 Å². The van der Waals surface area contributed by atoms with Gasteiger partial charge < -0.3 is 15.4 Å². The Morgan fingerprint density at radius 3 is 2.54 bits per heavy atom. The predicted molar refractivity (Wildman–Crippen MR) is 92.1 cm³/mol. The second-order valence-corrected chi connectivity index (χ2v) is 6.22. The van der Waals surface area contributed by atoms with Crippen LogP contribution in [0.3, 0.4) is 0 Å². The molecule has 0 bridgehead atoms. The smallest absolute Gasteiger partial charge is 0.326 e. The Bertz CT molecular complexity index is 781. The molecule has 0 aliphatic heterocycles. The number of aromatic amines is 1. The summed E-state index contributed by atoms with van der Waals surface area (Å²) in [6.45, 7) is 7.43. The van der Waals surface area contributed by atoms with Gasteiger partial charge >= 0.3 is 5.97 Å². The number of aryl methyl sites for hydroxylation is 1. The minimum Gasteiger partial charge on any atom is -0.480 e. The van der Waals surface area contributed by atoms with Gasteiger partial charge in [-0.05, 0) is 38.3 Å². The lowest BCUT2D eigenvalue weighted by molar-refractivity contribution is -0.138. The summed E-state index contributed by atoms with van der Waals surface area (Å²) in [5.74, 6) is 0.259. The van der Waals surface area contributed by atoms with Gasteiger partial charge in [-0.25, -0.2) is 14.8 Å². The Kier molecular flexibility index (Phi) is 5.33. The van der Waals surface area contributed by atoms with Crippen LogP contribution in [0.25, 0.3) is 11.4 Å². The number of nitrogens with zero attached hydrogens (tertiary/aromatic N) is 2. The van der Waals surface area contributed by atoms with Crippen LogP contribution >= 0.6 is 0 Å². The number of pyridine rings is 1. The summed E-state index contributed by atoms with van der Waals surface area (Å²) >= 11 is 0. The molecule has 0 unspecified atom stereocenters. The standard InChI is InChI=1S/C17H22N4O3/c1-9(2)7-13(17(23)24)20-14-6-5-12(8-18-14)15-19-11(4)10(3)16(22)21-15/h5-6,8-9,13H,7H2,1-4H3,(H,18,20)(H,23,24)(H,19,21,22)/t13-/m0/s1. The van der Waals surface area contributed by atoms with Crippen molar-refractivity contribution < 1.29 is 9.90 Å². The molecule has 2 heterocycles. The number of carboxylic acid groups (broad SMARTS) is 1. The monoisotopic (exact) mass is 330 g/mol. The highest BCUT2D eigenvalue weighted by molar-refractivity contribution is 5.77. The van der Waals surface area contributed by atoms with Gasteiger partial charge in [0.1, 0.15) is 17.7 Å². The molecule has 2 aromatic heterocycles. The van der Waals surface area contributed by atoms with Crippen LogP contribution in [0, 0.1) is 19.8 Å². The maximum atomic E-state index is 11.8. The molecule has 0 spiro atoms. The highest BCUT2D eigenvalue weighted by atomic mass is 16.4. The zero-order valence-corrected chi connectivity index (χ0v) is 14.3. The van der Waals surface area contributed by atoms with Crippen LogP contribution in [0.4, 0.5) is 5.82 Å². The van der Waals surface area contributed by atoms with Crippen molar-refractivity contribution in [2.24, 2.45) is 5.92 Å². The molecule has 0 aliphatic rings. The van der Waals surface area contributed by atoms with Crippen LogP contribution in [0.5, 0.6) is 0 Å². The SMILES string of the molecule is Cc1nc(-c2ccc(N[C@@H](CC(C)C)C(=O)O)nc2)[nH]c(=O)c1C. The number of hydrogen-bond acceptors (Lipinski definition) is 5. The minimum atomic E-state index is -0.908. The molecular weight excluding hydrogens is 308 g/mol. The van der Waals surface area contributed by atoms with E-state index in [1.54, 1.807) is 32.2 Å². The third-order valence-corrected chi connectivity index (χ3v) is 3.76. The van der Waals surface area contributed by atoms with E-state index in [9.17, 15) is 14.7 Å². The van der Waals surface area contributed by atoms with Crippen LogP contribution in [-0.4, -0.2) is 32.1 Å². The van der Waals surface area contributed by atoms with Gasteiger partial charge in [-0.3, -0.25) is 4.79 Å². The zero-order chi connectivity index (χ0) is 17.9. The van der Waals surface area contributed by atoms with Gasteiger partial charge in [-0.1, -0.05) is 13.8 Å². The van der Waals surface area contributed by atoms with Crippen molar-refractivity contribution in [1.29, 1.82) is 0 Å². The fourth-order valence-electron chi connectivity index (χ4n) is 2.27. The van der Waals surface area contributed by atoms with Crippen LogP contribution in [-0.2, 0) is 4.79 Å². The van der Waals surface area contributed by atoms with Crippen LogP contribution in [0.15, 0.2) is 23.1 Å². The Balaban J connectivity index is 2.21. The van der Waals surface area contributed by atoms with Gasteiger partial charge in [0.15, 0.2) is 0 Å². The summed E-state index contributed by atoms with van der Waals surface area (Å²) in [6, 6.07) is 2.74. The summed E-state index contributed by atoms with van der Waals surface area (Å²) in [7, 11) is 0. The molecule has 24 heavy (non-hydrogen) atoms. The molecule has 128 valence electrons. The van der Waals surface area contributed by atoms with Gasteiger partial charge in [0.05, 0.1) is 0 Å². The summed E-state index contributed by atoms with van der Waals surface area (Å²) in [5.41, 5.74) is 1.74. The second-order valence-electron chi connectivity index (χ2n) is 6.22. The third kappa shape index (κ3) is 4.18. The number of rotatable bonds is 6. The first-order valence-electron chi connectivity index (χ1n) is 7.81. The fourth-order valence-corrected chi connectivity index (χ4v) is 2.27. The molecule has 0 amide bonds. The summed E-state index contributed by atoms with van der Waals surface area (Å²) in [4.78, 5) is 34.4. The molecule has 0 saturated carbocycles. The normalized spacial score (nSPS) is 12.2. The van der Waals surface area contributed by atoms with E-state index in [-0.39, 0.29) is 11.5 Å². The van der Waals surface area contributed by atoms with Gasteiger partial charge in [-0.2, -0.15) is 0 Å². The van der Waals surface area contributed by atoms with E-state index in [2.05, 4.69) is 20.3 Å². The number of hydrogen-bond donors (Lipinski definition) is 3. The maximum Gasteiger partial charge on any atom is 0.326 e. The summed E-state index contributed by atoms with van der Waals surface area (Å²) in [6.07, 6.45) is 2.06. The predicted octanol–water partition coefficient (Wildman–Crippen LogP) is 2.36. The van der Waals surface area contributed by atoms with Crippen molar-refractivity contribution in [2.75, 3.05) is 5.32 Å². The quantitative estimate of drug-likeness (QED) is 0.750. The minimum absolute atomic E-state index is 0.178. The van der Waals surface area contributed by atoms with Crippen molar-refractivity contribution in [3.8, 4) is 11.4 Å². The molecule has 7 heteroatoms.